The molecule has 0 aliphatic carbocycles. The summed E-state index contributed by atoms with van der Waals surface area (Å²) in [5, 5.41) is 20.9. The van der Waals surface area contributed by atoms with Gasteiger partial charge in [-0.15, -0.1) is 0 Å². The molecule has 2 aromatic heterocycles. The van der Waals surface area contributed by atoms with Crippen LogP contribution >= 0.6 is 7.82 Å². The van der Waals surface area contributed by atoms with Gasteiger partial charge in [0.15, 0.2) is 6.23 Å². The molecule has 3 rings (SSSR count). The van der Waals surface area contributed by atoms with Gasteiger partial charge in [0.1, 0.15) is 36.1 Å². The minimum Gasteiger partial charge on any atom is -0.387 e. The highest BCUT2D eigenvalue weighted by Crippen LogP contribution is 2.43. The largest absolute Gasteiger partial charge is 0.472 e. The average Bonchev–Trinajstić information content (AvgIpc) is 3.10. The second kappa shape index (κ2) is 6.37. The number of phosphoric ester groups is 1. The molecule has 1 aliphatic rings. The molecule has 0 spiro atoms. The molecule has 1 fully saturated rings. The number of nitrogens with zero attached hydrogens (tertiary/aromatic N) is 3. The molecule has 1 aliphatic heterocycles. The molecule has 0 bridgehead atoms. The van der Waals surface area contributed by atoms with Gasteiger partial charge in [-0.25, -0.2) is 14.5 Å². The maximum absolute atomic E-state index is 11.3. The lowest BCUT2D eigenvalue weighted by atomic mass is 10.1. The Morgan fingerprint density at radius 1 is 1.42 bits per heavy atom. The number of aliphatic hydroxyl groups is 2. The topological polar surface area (TPSA) is 162 Å². The van der Waals surface area contributed by atoms with Crippen molar-refractivity contribution in [1.29, 1.82) is 0 Å². The first-order valence-electron chi connectivity index (χ1n) is 6.95. The van der Waals surface area contributed by atoms with E-state index < -0.39 is 39.0 Å². The summed E-state index contributed by atoms with van der Waals surface area (Å²) in [7, 11) is -3.20. The summed E-state index contributed by atoms with van der Waals surface area (Å²) < 4.78 is 27.4. The fourth-order valence-corrected chi connectivity index (χ4v) is 2.95. The number of aliphatic hydroxyl groups excluding tert-OH is 2. The van der Waals surface area contributed by atoms with Gasteiger partial charge in [-0.3, -0.25) is 9.05 Å². The lowest BCUT2D eigenvalue weighted by Crippen LogP contribution is -2.33. The number of nitrogens with two attached hydrogens (primary N) is 1. The summed E-state index contributed by atoms with van der Waals surface area (Å²) in [6.07, 6.45) is -1.77. The third-order valence-corrected chi connectivity index (χ3v) is 4.72. The van der Waals surface area contributed by atoms with Crippen molar-refractivity contribution < 1.29 is 33.5 Å². The standard InChI is InChI=1S/C12H17N4O7P/c1-21-24(19,20)22-4-7-8(17)9(18)12(23-7)16-3-2-6-10(13)14-5-15-11(6)16/h2-3,5,7-9,12,17-18H,4H2,1H3,(H,19,20)(H2,13,14,15)/t7-,8+,9-,12-/m0/s1. The van der Waals surface area contributed by atoms with E-state index in [2.05, 4.69) is 14.5 Å². The van der Waals surface area contributed by atoms with Crippen molar-refractivity contribution in [3.05, 3.63) is 18.6 Å². The normalized spacial score (nSPS) is 29.8. The molecule has 1 unspecified atom stereocenters. The zero-order valence-corrected chi connectivity index (χ0v) is 13.5. The van der Waals surface area contributed by atoms with Crippen LogP contribution in [-0.4, -0.2) is 61.7 Å². The van der Waals surface area contributed by atoms with Crippen LogP contribution in [0.3, 0.4) is 0 Å². The summed E-state index contributed by atoms with van der Waals surface area (Å²) >= 11 is 0. The van der Waals surface area contributed by atoms with Crippen LogP contribution in [0.5, 0.6) is 0 Å². The Kier molecular flexibility index (Phi) is 4.58. The first-order chi connectivity index (χ1) is 11.3. The SMILES string of the molecule is COP(=O)(O)OC[C@@H]1O[C@H](n2ccc3c(N)ncnc32)[C@@H](O)[C@@H]1O. The Hall–Kier alpha value is -1.59. The number of nitrogen functional groups attached to an aromatic ring is 1. The molecular weight excluding hydrogens is 343 g/mol. The van der Waals surface area contributed by atoms with Crippen molar-refractivity contribution in [2.24, 2.45) is 0 Å². The highest BCUT2D eigenvalue weighted by molar-refractivity contribution is 7.47. The van der Waals surface area contributed by atoms with Gasteiger partial charge in [0, 0.05) is 13.3 Å². The third-order valence-electron chi connectivity index (χ3n) is 3.78. The molecule has 5 N–H and O–H groups in total. The quantitative estimate of drug-likeness (QED) is 0.506. The van der Waals surface area contributed by atoms with Crippen LogP contribution in [0.4, 0.5) is 5.82 Å². The first kappa shape index (κ1) is 17.2. The molecule has 1 saturated heterocycles. The van der Waals surface area contributed by atoms with E-state index in [1.165, 1.54) is 10.9 Å². The van der Waals surface area contributed by atoms with Crippen LogP contribution in [-0.2, 0) is 18.3 Å². The Bertz CT molecular complexity index is 784. The molecule has 11 nitrogen and oxygen atoms in total. The number of aromatic nitrogens is 3. The molecule has 3 heterocycles. The van der Waals surface area contributed by atoms with E-state index in [1.54, 1.807) is 12.3 Å². The van der Waals surface area contributed by atoms with Gasteiger partial charge in [0.2, 0.25) is 0 Å². The maximum Gasteiger partial charge on any atom is 0.472 e. The van der Waals surface area contributed by atoms with Crippen molar-refractivity contribution in [1.82, 2.24) is 14.5 Å². The molecule has 2 aromatic rings. The van der Waals surface area contributed by atoms with Crippen molar-refractivity contribution in [2.75, 3.05) is 19.5 Å². The van der Waals surface area contributed by atoms with Crippen molar-refractivity contribution >= 4 is 24.7 Å². The molecule has 0 amide bonds. The molecular formula is C12H17N4O7P. The lowest BCUT2D eigenvalue weighted by molar-refractivity contribution is -0.0506. The monoisotopic (exact) mass is 360 g/mol. The van der Waals surface area contributed by atoms with Crippen LogP contribution in [0.2, 0.25) is 0 Å². The summed E-state index contributed by atoms with van der Waals surface area (Å²) in [5.74, 6) is 0.271. The van der Waals surface area contributed by atoms with Crippen LogP contribution < -0.4 is 5.73 Å². The Balaban J connectivity index is 1.82. The summed E-state index contributed by atoms with van der Waals surface area (Å²) in [6, 6.07) is 1.66. The van der Waals surface area contributed by atoms with Crippen LogP contribution in [0.25, 0.3) is 11.0 Å². The number of hydrogen-bond acceptors (Lipinski definition) is 9. The van der Waals surface area contributed by atoms with Crippen molar-refractivity contribution in [3.8, 4) is 0 Å². The Labute approximate surface area is 136 Å². The van der Waals surface area contributed by atoms with Gasteiger partial charge in [-0.2, -0.15) is 0 Å². The number of anilines is 1. The van der Waals surface area contributed by atoms with Crippen LogP contribution in [0.1, 0.15) is 6.23 Å². The molecule has 0 radical (unpaired) electrons. The number of ether oxygens (including phenoxy) is 1. The van der Waals surface area contributed by atoms with E-state index in [-0.39, 0.29) is 5.82 Å². The van der Waals surface area contributed by atoms with Crippen molar-refractivity contribution in [3.63, 3.8) is 0 Å². The number of fused-ring (bicyclic) bond motifs is 1. The van der Waals surface area contributed by atoms with E-state index in [1.807, 2.05) is 0 Å². The minimum atomic E-state index is -4.21. The smallest absolute Gasteiger partial charge is 0.387 e. The summed E-state index contributed by atoms with van der Waals surface area (Å²) in [5.41, 5.74) is 6.18. The van der Waals surface area contributed by atoms with Gasteiger partial charge in [0.25, 0.3) is 0 Å². The third kappa shape index (κ3) is 3.03. The summed E-state index contributed by atoms with van der Waals surface area (Å²) in [4.78, 5) is 17.2. The molecule has 0 aromatic carbocycles. The minimum absolute atomic E-state index is 0.271. The van der Waals surface area contributed by atoms with Gasteiger partial charge in [0.05, 0.1) is 12.0 Å². The highest BCUT2D eigenvalue weighted by atomic mass is 31.2. The van der Waals surface area contributed by atoms with E-state index >= 15 is 0 Å². The van der Waals surface area contributed by atoms with Crippen LogP contribution in [0, 0.1) is 0 Å². The molecule has 24 heavy (non-hydrogen) atoms. The first-order valence-corrected chi connectivity index (χ1v) is 8.45. The number of rotatable bonds is 5. The Morgan fingerprint density at radius 3 is 2.88 bits per heavy atom. The van der Waals surface area contributed by atoms with E-state index in [0.29, 0.717) is 11.0 Å². The highest BCUT2D eigenvalue weighted by Gasteiger charge is 2.45. The van der Waals surface area contributed by atoms with E-state index in [9.17, 15) is 19.7 Å². The number of phosphoric acid groups is 1. The van der Waals surface area contributed by atoms with Gasteiger partial charge in [-0.1, -0.05) is 0 Å². The second-order valence-electron chi connectivity index (χ2n) is 5.21. The Morgan fingerprint density at radius 2 is 2.17 bits per heavy atom. The molecule has 12 heteroatoms. The van der Waals surface area contributed by atoms with E-state index in [0.717, 1.165) is 7.11 Å². The van der Waals surface area contributed by atoms with Gasteiger partial charge < -0.3 is 30.1 Å². The van der Waals surface area contributed by atoms with Gasteiger partial charge >= 0.3 is 7.82 Å². The number of hydrogen-bond donors (Lipinski definition) is 4. The maximum atomic E-state index is 11.3. The fourth-order valence-electron chi connectivity index (χ4n) is 2.51. The molecule has 0 saturated carbocycles. The van der Waals surface area contributed by atoms with Gasteiger partial charge in [-0.05, 0) is 6.07 Å². The second-order valence-corrected chi connectivity index (χ2v) is 6.77. The molecule has 132 valence electrons. The predicted molar refractivity (Wildman–Crippen MR) is 80.7 cm³/mol. The fraction of sp³-hybridized carbons (Fsp3) is 0.500. The predicted octanol–water partition coefficient (Wildman–Crippen LogP) is -0.604. The average molecular weight is 360 g/mol. The van der Waals surface area contributed by atoms with Crippen LogP contribution in [0.15, 0.2) is 18.6 Å². The molecule has 5 atom stereocenters. The summed E-state index contributed by atoms with van der Waals surface area (Å²) in [6.45, 7) is -0.438. The van der Waals surface area contributed by atoms with E-state index in [4.69, 9.17) is 15.0 Å². The zero-order valence-electron chi connectivity index (χ0n) is 12.6. The zero-order chi connectivity index (χ0) is 17.5. The lowest BCUT2D eigenvalue weighted by Gasteiger charge is -2.17. The van der Waals surface area contributed by atoms with Crippen molar-refractivity contribution in [2.45, 2.75) is 24.5 Å².